The monoisotopic (exact) mass is 432 g/mol. The number of ether oxygens (including phenoxy) is 1. The molecule has 2 aliphatic heterocycles. The van der Waals surface area contributed by atoms with Crippen molar-refractivity contribution >= 4 is 23.3 Å². The molecule has 1 aromatic carbocycles. The Labute approximate surface area is 181 Å². The molecule has 0 spiro atoms. The summed E-state index contributed by atoms with van der Waals surface area (Å²) in [4.78, 5) is 21.8. The van der Waals surface area contributed by atoms with Crippen LogP contribution < -0.4 is 10.2 Å². The lowest BCUT2D eigenvalue weighted by Crippen LogP contribution is -2.40. The van der Waals surface area contributed by atoms with Crippen LogP contribution in [0.3, 0.4) is 0 Å². The second kappa shape index (κ2) is 9.73. The first-order valence-electron chi connectivity index (χ1n) is 10.4. The molecule has 2 aliphatic rings. The van der Waals surface area contributed by atoms with Crippen LogP contribution in [0.2, 0.25) is 5.02 Å². The van der Waals surface area contributed by atoms with Gasteiger partial charge in [-0.3, -0.25) is 9.69 Å². The van der Waals surface area contributed by atoms with Crippen LogP contribution in [0.25, 0.3) is 0 Å². The number of likely N-dealkylation sites (tertiary alicyclic amines) is 1. The van der Waals surface area contributed by atoms with Crippen molar-refractivity contribution in [2.75, 3.05) is 50.8 Å². The van der Waals surface area contributed by atoms with E-state index >= 15 is 0 Å². The van der Waals surface area contributed by atoms with Crippen molar-refractivity contribution in [1.82, 2.24) is 15.2 Å². The van der Waals surface area contributed by atoms with E-state index in [1.54, 1.807) is 30.5 Å². The zero-order chi connectivity index (χ0) is 20.9. The largest absolute Gasteiger partial charge is 0.378 e. The zero-order valence-electron chi connectivity index (χ0n) is 16.8. The molecule has 3 heterocycles. The number of aromatic nitrogens is 1. The molecule has 4 rings (SSSR count). The van der Waals surface area contributed by atoms with Crippen LogP contribution in [0.15, 0.2) is 36.5 Å². The molecule has 1 atom stereocenters. The van der Waals surface area contributed by atoms with Gasteiger partial charge in [0.05, 0.1) is 24.8 Å². The first kappa shape index (κ1) is 21.0. The van der Waals surface area contributed by atoms with Gasteiger partial charge in [0.1, 0.15) is 11.6 Å². The number of carbonyl (C=O) groups is 1. The van der Waals surface area contributed by atoms with Gasteiger partial charge in [0, 0.05) is 36.4 Å². The van der Waals surface area contributed by atoms with Crippen molar-refractivity contribution in [1.29, 1.82) is 0 Å². The van der Waals surface area contributed by atoms with Crippen LogP contribution >= 0.6 is 11.6 Å². The summed E-state index contributed by atoms with van der Waals surface area (Å²) in [6.45, 7) is 4.60. The normalized spacial score (nSPS) is 18.4. The Morgan fingerprint density at radius 3 is 2.67 bits per heavy atom. The number of carbonyl (C=O) groups excluding carboxylic acids is 1. The molecule has 1 amide bonds. The Balaban J connectivity index is 1.54. The van der Waals surface area contributed by atoms with Crippen molar-refractivity contribution in [3.63, 3.8) is 0 Å². The average molecular weight is 433 g/mol. The summed E-state index contributed by atoms with van der Waals surface area (Å²) in [5.41, 5.74) is 0.958. The zero-order valence-corrected chi connectivity index (χ0v) is 17.6. The number of hydrogen-bond donors (Lipinski definition) is 1. The van der Waals surface area contributed by atoms with Crippen LogP contribution in [0.1, 0.15) is 34.8 Å². The molecule has 1 aromatic heterocycles. The predicted octanol–water partition coefficient (Wildman–Crippen LogP) is 3.28. The maximum atomic E-state index is 14.7. The fourth-order valence-corrected chi connectivity index (χ4v) is 4.47. The average Bonchev–Trinajstić information content (AvgIpc) is 3.31. The van der Waals surface area contributed by atoms with E-state index in [1.165, 1.54) is 6.07 Å². The van der Waals surface area contributed by atoms with Crippen LogP contribution in [-0.4, -0.2) is 61.7 Å². The lowest BCUT2D eigenvalue weighted by molar-refractivity contribution is 0.0935. The molecule has 8 heteroatoms. The van der Waals surface area contributed by atoms with Gasteiger partial charge in [-0.25, -0.2) is 9.37 Å². The molecular formula is C22H26ClFN4O2. The standard InChI is InChI=1S/C22H26ClFN4O2/c23-17-6-3-7-18(24)20(17)19(27-9-1-2-10-27)15-26-22(29)16-5-4-8-25-21(16)28-11-13-30-14-12-28/h3-8,19H,1-2,9-15H2,(H,26,29). The molecule has 160 valence electrons. The number of rotatable bonds is 6. The highest BCUT2D eigenvalue weighted by atomic mass is 35.5. The molecule has 30 heavy (non-hydrogen) atoms. The number of anilines is 1. The van der Waals surface area contributed by atoms with Crippen LogP contribution in [0.4, 0.5) is 10.2 Å². The van der Waals surface area contributed by atoms with Crippen molar-refractivity contribution in [2.45, 2.75) is 18.9 Å². The summed E-state index contributed by atoms with van der Waals surface area (Å²) in [6, 6.07) is 7.93. The molecule has 0 bridgehead atoms. The second-order valence-electron chi connectivity index (χ2n) is 7.58. The molecule has 6 nitrogen and oxygen atoms in total. The summed E-state index contributed by atoms with van der Waals surface area (Å²) >= 11 is 6.35. The third-order valence-electron chi connectivity index (χ3n) is 5.71. The Hall–Kier alpha value is -2.22. The summed E-state index contributed by atoms with van der Waals surface area (Å²) in [7, 11) is 0. The Morgan fingerprint density at radius 2 is 1.93 bits per heavy atom. The van der Waals surface area contributed by atoms with E-state index in [1.807, 2.05) is 0 Å². The third-order valence-corrected chi connectivity index (χ3v) is 6.04. The van der Waals surface area contributed by atoms with E-state index in [-0.39, 0.29) is 24.3 Å². The van der Waals surface area contributed by atoms with Crippen LogP contribution in [0.5, 0.6) is 0 Å². The van der Waals surface area contributed by atoms with Crippen LogP contribution in [-0.2, 0) is 4.74 Å². The highest BCUT2D eigenvalue weighted by Gasteiger charge is 2.29. The Kier molecular flexibility index (Phi) is 6.82. The number of pyridine rings is 1. The van der Waals surface area contributed by atoms with Crippen molar-refractivity contribution < 1.29 is 13.9 Å². The van der Waals surface area contributed by atoms with Gasteiger partial charge in [-0.15, -0.1) is 0 Å². The SMILES string of the molecule is O=C(NCC(c1c(F)cccc1Cl)N1CCCC1)c1cccnc1N1CCOCC1. The minimum absolute atomic E-state index is 0.221. The molecule has 0 aliphatic carbocycles. The van der Waals surface area contributed by atoms with E-state index in [0.717, 1.165) is 25.9 Å². The third kappa shape index (κ3) is 4.58. The van der Waals surface area contributed by atoms with E-state index in [4.69, 9.17) is 16.3 Å². The number of halogens is 2. The van der Waals surface area contributed by atoms with E-state index in [9.17, 15) is 9.18 Å². The minimum Gasteiger partial charge on any atom is -0.378 e. The molecule has 2 saturated heterocycles. The Morgan fingerprint density at radius 1 is 1.17 bits per heavy atom. The molecule has 1 N–H and O–H groups in total. The van der Waals surface area contributed by atoms with Gasteiger partial charge >= 0.3 is 0 Å². The summed E-state index contributed by atoms with van der Waals surface area (Å²) < 4.78 is 20.1. The number of nitrogens with one attached hydrogen (secondary N) is 1. The fourth-order valence-electron chi connectivity index (χ4n) is 4.18. The lowest BCUT2D eigenvalue weighted by Gasteiger charge is -2.30. The van der Waals surface area contributed by atoms with E-state index in [2.05, 4.69) is 20.1 Å². The number of morpholine rings is 1. The molecule has 2 aromatic rings. The predicted molar refractivity (Wildman–Crippen MR) is 115 cm³/mol. The smallest absolute Gasteiger partial charge is 0.255 e. The van der Waals surface area contributed by atoms with Gasteiger partial charge in [0.15, 0.2) is 0 Å². The highest BCUT2D eigenvalue weighted by Crippen LogP contribution is 2.32. The molecular weight excluding hydrogens is 407 g/mol. The van der Waals surface area contributed by atoms with Gasteiger partial charge in [0.25, 0.3) is 5.91 Å². The van der Waals surface area contributed by atoms with Gasteiger partial charge in [0.2, 0.25) is 0 Å². The van der Waals surface area contributed by atoms with E-state index < -0.39 is 0 Å². The summed E-state index contributed by atoms with van der Waals surface area (Å²) in [5.74, 6) is 0.0882. The number of amides is 1. The summed E-state index contributed by atoms with van der Waals surface area (Å²) in [5, 5.41) is 3.39. The van der Waals surface area contributed by atoms with Gasteiger partial charge in [-0.1, -0.05) is 17.7 Å². The van der Waals surface area contributed by atoms with Gasteiger partial charge in [-0.05, 0) is 50.2 Å². The first-order valence-corrected chi connectivity index (χ1v) is 10.8. The maximum absolute atomic E-state index is 14.7. The highest BCUT2D eigenvalue weighted by molar-refractivity contribution is 6.31. The number of hydrogen-bond acceptors (Lipinski definition) is 5. The van der Waals surface area contributed by atoms with Gasteiger partial charge < -0.3 is 15.0 Å². The summed E-state index contributed by atoms with van der Waals surface area (Å²) in [6.07, 6.45) is 3.80. The number of benzene rings is 1. The first-order chi connectivity index (χ1) is 14.6. The van der Waals surface area contributed by atoms with Crippen LogP contribution in [0, 0.1) is 5.82 Å². The van der Waals surface area contributed by atoms with Crippen molar-refractivity contribution in [3.8, 4) is 0 Å². The van der Waals surface area contributed by atoms with E-state index in [0.29, 0.717) is 48.3 Å². The Bertz CT molecular complexity index is 865. The number of nitrogens with zero attached hydrogens (tertiary/aromatic N) is 3. The second-order valence-corrected chi connectivity index (χ2v) is 7.99. The van der Waals surface area contributed by atoms with Gasteiger partial charge in [-0.2, -0.15) is 0 Å². The lowest BCUT2D eigenvalue weighted by atomic mass is 10.0. The molecule has 0 saturated carbocycles. The van der Waals surface area contributed by atoms with Crippen molar-refractivity contribution in [3.05, 3.63) is 58.5 Å². The minimum atomic E-state index is -0.343. The quantitative estimate of drug-likeness (QED) is 0.759. The molecule has 2 fully saturated rings. The topological polar surface area (TPSA) is 57.7 Å². The molecule has 1 unspecified atom stereocenters. The van der Waals surface area contributed by atoms with Crippen molar-refractivity contribution in [2.24, 2.45) is 0 Å². The molecule has 0 radical (unpaired) electrons. The fraction of sp³-hybridized carbons (Fsp3) is 0.455. The maximum Gasteiger partial charge on any atom is 0.255 e.